The minimum absolute atomic E-state index is 0.245. The lowest BCUT2D eigenvalue weighted by atomic mass is 10.2. The third-order valence-corrected chi connectivity index (χ3v) is 2.72. The first-order chi connectivity index (χ1) is 11.7. The van der Waals surface area contributed by atoms with Gasteiger partial charge in [-0.2, -0.15) is 0 Å². The predicted octanol–water partition coefficient (Wildman–Crippen LogP) is 3.52. The summed E-state index contributed by atoms with van der Waals surface area (Å²) >= 11 is 0. The number of allylic oxidation sites excluding steroid dienone is 6. The Bertz CT molecular complexity index is 405. The largest absolute Gasteiger partial charge is 0.463 e. The molecule has 134 valence electrons. The highest BCUT2D eigenvalue weighted by Crippen LogP contribution is 1.97. The van der Waals surface area contributed by atoms with Crippen LogP contribution in [0, 0.1) is 0 Å². The molecule has 5 nitrogen and oxygen atoms in total. The maximum absolute atomic E-state index is 11.2. The zero-order valence-corrected chi connectivity index (χ0v) is 14.6. The molecule has 0 saturated carbocycles. The third kappa shape index (κ3) is 16.2. The van der Waals surface area contributed by atoms with Gasteiger partial charge in [0.15, 0.2) is 0 Å². The molecule has 0 radical (unpaired) electrons. The van der Waals surface area contributed by atoms with Gasteiger partial charge in [0, 0.05) is 18.8 Å². The molecule has 0 saturated heterocycles. The van der Waals surface area contributed by atoms with Gasteiger partial charge in [-0.15, -0.1) is 0 Å². The fourth-order valence-corrected chi connectivity index (χ4v) is 1.55. The van der Waals surface area contributed by atoms with Crippen LogP contribution in [-0.2, 0) is 23.8 Å². The zero-order valence-electron chi connectivity index (χ0n) is 14.6. The molecule has 0 aromatic rings. The summed E-state index contributed by atoms with van der Waals surface area (Å²) in [5.74, 6) is -0.698. The van der Waals surface area contributed by atoms with E-state index in [2.05, 4.69) is 0 Å². The van der Waals surface area contributed by atoms with E-state index in [4.69, 9.17) is 14.2 Å². The van der Waals surface area contributed by atoms with Crippen molar-refractivity contribution in [2.45, 2.75) is 33.1 Å². The number of rotatable bonds is 13. The molecule has 0 atom stereocenters. The van der Waals surface area contributed by atoms with Gasteiger partial charge in [-0.1, -0.05) is 36.5 Å². The average Bonchev–Trinajstić information content (AvgIpc) is 2.57. The van der Waals surface area contributed by atoms with Crippen molar-refractivity contribution in [3.8, 4) is 0 Å². The molecule has 0 aromatic heterocycles. The van der Waals surface area contributed by atoms with Crippen molar-refractivity contribution in [1.82, 2.24) is 0 Å². The van der Waals surface area contributed by atoms with Crippen LogP contribution >= 0.6 is 0 Å². The molecule has 0 spiro atoms. The van der Waals surface area contributed by atoms with E-state index < -0.39 is 0 Å². The summed E-state index contributed by atoms with van der Waals surface area (Å²) in [5.41, 5.74) is 0. The van der Waals surface area contributed by atoms with Crippen molar-refractivity contribution in [1.29, 1.82) is 0 Å². The molecule has 0 unspecified atom stereocenters. The van der Waals surface area contributed by atoms with Crippen molar-refractivity contribution in [2.24, 2.45) is 0 Å². The molecular formula is C19H28O5. The number of unbranched alkanes of at least 4 members (excludes halogenated alkanes) is 2. The van der Waals surface area contributed by atoms with Crippen molar-refractivity contribution in [2.75, 3.05) is 26.4 Å². The van der Waals surface area contributed by atoms with E-state index >= 15 is 0 Å². The first-order valence-corrected chi connectivity index (χ1v) is 8.20. The molecule has 0 aliphatic heterocycles. The lowest BCUT2D eigenvalue weighted by Crippen LogP contribution is -2.09. The Morgan fingerprint density at radius 3 is 1.79 bits per heavy atom. The van der Waals surface area contributed by atoms with Crippen LogP contribution in [-0.4, -0.2) is 38.4 Å². The van der Waals surface area contributed by atoms with Gasteiger partial charge in [-0.25, -0.2) is 9.59 Å². The summed E-state index contributed by atoms with van der Waals surface area (Å²) in [6.45, 7) is 5.39. The molecule has 0 aliphatic carbocycles. The smallest absolute Gasteiger partial charge is 0.330 e. The summed E-state index contributed by atoms with van der Waals surface area (Å²) in [7, 11) is 0. The van der Waals surface area contributed by atoms with Crippen LogP contribution in [0.2, 0.25) is 0 Å². The number of ether oxygens (including phenoxy) is 3. The lowest BCUT2D eigenvalue weighted by Gasteiger charge is -2.05. The van der Waals surface area contributed by atoms with E-state index in [1.807, 2.05) is 26.0 Å². The fourth-order valence-electron chi connectivity index (χ4n) is 1.55. The number of hydrogen-bond acceptors (Lipinski definition) is 5. The van der Waals surface area contributed by atoms with E-state index in [9.17, 15) is 9.59 Å². The summed E-state index contributed by atoms with van der Waals surface area (Å²) in [6.07, 6.45) is 15.8. The van der Waals surface area contributed by atoms with E-state index in [1.165, 1.54) is 12.2 Å². The van der Waals surface area contributed by atoms with Gasteiger partial charge in [-0.05, 0) is 33.1 Å². The number of hydrogen-bond donors (Lipinski definition) is 0. The molecular weight excluding hydrogens is 308 g/mol. The quantitative estimate of drug-likeness (QED) is 0.223. The third-order valence-electron chi connectivity index (χ3n) is 2.72. The molecule has 0 amide bonds. The Balaban J connectivity index is 3.37. The number of esters is 2. The lowest BCUT2D eigenvalue weighted by molar-refractivity contribution is -0.139. The number of carbonyl (C=O) groups excluding carboxylic acids is 2. The normalized spacial score (nSPS) is 11.9. The molecule has 5 heteroatoms. The van der Waals surface area contributed by atoms with E-state index in [-0.39, 0.29) is 18.5 Å². The molecule has 0 N–H and O–H groups in total. The average molecular weight is 336 g/mol. The van der Waals surface area contributed by atoms with Crippen LogP contribution in [0.5, 0.6) is 0 Å². The second kappa shape index (κ2) is 17.2. The Kier molecular flexibility index (Phi) is 15.7. The highest BCUT2D eigenvalue weighted by Gasteiger charge is 1.98. The molecule has 0 bridgehead atoms. The van der Waals surface area contributed by atoms with Gasteiger partial charge in [0.1, 0.15) is 6.61 Å². The fraction of sp³-hybridized carbons (Fsp3) is 0.474. The van der Waals surface area contributed by atoms with Gasteiger partial charge in [-0.3, -0.25) is 0 Å². The molecule has 0 fully saturated rings. The predicted molar refractivity (Wildman–Crippen MR) is 94.5 cm³/mol. The van der Waals surface area contributed by atoms with Crippen LogP contribution in [0.4, 0.5) is 0 Å². The zero-order chi connectivity index (χ0) is 17.9. The summed E-state index contributed by atoms with van der Waals surface area (Å²) in [5, 5.41) is 0. The van der Waals surface area contributed by atoms with E-state index in [1.54, 1.807) is 24.3 Å². The van der Waals surface area contributed by atoms with Gasteiger partial charge in [0.25, 0.3) is 0 Å². The molecule has 24 heavy (non-hydrogen) atoms. The van der Waals surface area contributed by atoms with Crippen molar-refractivity contribution in [3.05, 3.63) is 48.6 Å². The second-order valence-corrected chi connectivity index (χ2v) is 4.78. The maximum atomic E-state index is 11.2. The highest BCUT2D eigenvalue weighted by atomic mass is 16.6. The Morgan fingerprint density at radius 2 is 1.21 bits per heavy atom. The van der Waals surface area contributed by atoms with Gasteiger partial charge in [0.2, 0.25) is 0 Å². The first-order valence-electron chi connectivity index (χ1n) is 8.20. The van der Waals surface area contributed by atoms with E-state index in [0.717, 1.165) is 19.3 Å². The summed E-state index contributed by atoms with van der Waals surface area (Å²) < 4.78 is 15.3. The maximum Gasteiger partial charge on any atom is 0.330 e. The Hall–Kier alpha value is -2.14. The highest BCUT2D eigenvalue weighted by molar-refractivity contribution is 5.82. The van der Waals surface area contributed by atoms with Gasteiger partial charge < -0.3 is 14.2 Å². The Labute approximate surface area is 144 Å². The van der Waals surface area contributed by atoms with Gasteiger partial charge in [0.05, 0.1) is 13.2 Å². The van der Waals surface area contributed by atoms with Crippen LogP contribution in [0.25, 0.3) is 0 Å². The second-order valence-electron chi connectivity index (χ2n) is 4.78. The monoisotopic (exact) mass is 336 g/mol. The van der Waals surface area contributed by atoms with Crippen LogP contribution < -0.4 is 0 Å². The van der Waals surface area contributed by atoms with Crippen molar-refractivity contribution < 1.29 is 23.8 Å². The van der Waals surface area contributed by atoms with Crippen LogP contribution in [0.15, 0.2) is 48.6 Å². The topological polar surface area (TPSA) is 61.8 Å². The standard InChI is InChI=1S/C19H28O5/c1-3-5-8-12-18(20)23-15-11-7-10-14-22-16-17-24-19(21)13-9-6-4-2/h3-6,8-9,12-13H,7,10-11,14-17H2,1-2H3/b5-3+,6-4+,12-8+,13-9+. The van der Waals surface area contributed by atoms with Crippen LogP contribution in [0.1, 0.15) is 33.1 Å². The van der Waals surface area contributed by atoms with Crippen molar-refractivity contribution in [3.63, 3.8) is 0 Å². The number of carbonyl (C=O) groups is 2. The molecule has 0 heterocycles. The van der Waals surface area contributed by atoms with Crippen molar-refractivity contribution >= 4 is 11.9 Å². The summed E-state index contributed by atoms with van der Waals surface area (Å²) in [4.78, 5) is 22.5. The Morgan fingerprint density at radius 1 is 0.667 bits per heavy atom. The molecule has 0 aliphatic rings. The molecule has 0 aromatic carbocycles. The minimum atomic E-state index is -0.373. The van der Waals surface area contributed by atoms with Gasteiger partial charge >= 0.3 is 11.9 Å². The SMILES string of the molecule is C/C=C/C=C/C(=O)OCCCCCOCCOC(=O)/C=C/C=C/C. The van der Waals surface area contributed by atoms with Crippen LogP contribution in [0.3, 0.4) is 0 Å². The first kappa shape index (κ1) is 21.9. The minimum Gasteiger partial charge on any atom is -0.463 e. The summed E-state index contributed by atoms with van der Waals surface area (Å²) in [6, 6.07) is 0. The molecule has 0 rings (SSSR count). The van der Waals surface area contributed by atoms with E-state index in [0.29, 0.717) is 19.8 Å².